The van der Waals surface area contributed by atoms with Crippen molar-refractivity contribution in [2.24, 2.45) is 0 Å². The minimum absolute atomic E-state index is 0.0957. The molecule has 0 saturated carbocycles. The number of ether oxygens (including phenoxy) is 1. The van der Waals surface area contributed by atoms with Gasteiger partial charge in [-0.05, 0) is 60.7 Å². The Hall–Kier alpha value is -3.65. The molecule has 0 radical (unpaired) electrons. The molecule has 35 heavy (non-hydrogen) atoms. The number of nitrogens with zero attached hydrogens (tertiary/aromatic N) is 1. The maximum atomic E-state index is 13.3. The molecule has 3 aromatic carbocycles. The Morgan fingerprint density at radius 1 is 0.971 bits per heavy atom. The third kappa shape index (κ3) is 5.54. The summed E-state index contributed by atoms with van der Waals surface area (Å²) in [6.45, 7) is 2.49. The van der Waals surface area contributed by atoms with E-state index in [0.717, 1.165) is 24.0 Å². The number of nitrogens with one attached hydrogen (secondary N) is 1. The first kappa shape index (κ1) is 24.5. The van der Waals surface area contributed by atoms with Gasteiger partial charge in [-0.2, -0.15) is 0 Å². The minimum atomic E-state index is -3.78. The standard InChI is InChI=1S/C27H28N2O5S/c1-2-25(26(30)28-19-20-9-4-3-5-10-20)34-27(31)22-14-16-23(17-15-22)35(32,33)29-18-8-12-21-11-6-7-13-24(21)29/h3-7,9-11,13-17,25H,2,8,12,18-19H2,1H3,(H,28,30). The topological polar surface area (TPSA) is 92.8 Å². The number of anilines is 1. The highest BCUT2D eigenvalue weighted by Gasteiger charge is 2.29. The molecule has 8 heteroatoms. The van der Waals surface area contributed by atoms with E-state index < -0.39 is 22.1 Å². The van der Waals surface area contributed by atoms with E-state index in [1.165, 1.54) is 28.6 Å². The number of carbonyl (C=O) groups excluding carboxylic acids is 2. The summed E-state index contributed by atoms with van der Waals surface area (Å²) in [5, 5.41) is 2.78. The van der Waals surface area contributed by atoms with Crippen molar-refractivity contribution in [3.05, 3.63) is 95.6 Å². The zero-order valence-corrected chi connectivity index (χ0v) is 20.3. The fourth-order valence-corrected chi connectivity index (χ4v) is 5.60. The van der Waals surface area contributed by atoms with Gasteiger partial charge in [0.25, 0.3) is 15.9 Å². The van der Waals surface area contributed by atoms with Gasteiger partial charge in [-0.3, -0.25) is 9.10 Å². The summed E-state index contributed by atoms with van der Waals surface area (Å²) in [7, 11) is -3.78. The van der Waals surface area contributed by atoms with Gasteiger partial charge < -0.3 is 10.1 Å². The van der Waals surface area contributed by atoms with Crippen molar-refractivity contribution in [3.63, 3.8) is 0 Å². The summed E-state index contributed by atoms with van der Waals surface area (Å²) < 4.78 is 33.4. The number of fused-ring (bicyclic) bond motifs is 1. The van der Waals surface area contributed by atoms with E-state index in [-0.39, 0.29) is 16.4 Å². The first-order valence-corrected chi connectivity index (χ1v) is 13.1. The molecule has 0 spiro atoms. The Bertz CT molecular complexity index is 1290. The van der Waals surface area contributed by atoms with Crippen LogP contribution in [-0.2, 0) is 32.5 Å². The zero-order valence-electron chi connectivity index (χ0n) is 19.5. The van der Waals surface area contributed by atoms with Crippen LogP contribution in [0.4, 0.5) is 5.69 Å². The van der Waals surface area contributed by atoms with Crippen LogP contribution < -0.4 is 9.62 Å². The van der Waals surface area contributed by atoms with E-state index >= 15 is 0 Å². The number of esters is 1. The van der Waals surface area contributed by atoms with Crippen LogP contribution in [-0.4, -0.2) is 32.9 Å². The summed E-state index contributed by atoms with van der Waals surface area (Å²) in [5.74, 6) is -1.06. The molecule has 1 aliphatic rings. The number of hydrogen-bond acceptors (Lipinski definition) is 5. The molecule has 182 valence electrons. The average Bonchev–Trinajstić information content (AvgIpc) is 2.90. The van der Waals surface area contributed by atoms with Crippen LogP contribution >= 0.6 is 0 Å². The Kier molecular flexibility index (Phi) is 7.51. The number of sulfonamides is 1. The van der Waals surface area contributed by atoms with Gasteiger partial charge in [-0.25, -0.2) is 13.2 Å². The molecule has 1 heterocycles. The largest absolute Gasteiger partial charge is 0.449 e. The van der Waals surface area contributed by atoms with E-state index in [2.05, 4.69) is 5.32 Å². The molecule has 0 saturated heterocycles. The third-order valence-corrected chi connectivity index (χ3v) is 7.80. The smallest absolute Gasteiger partial charge is 0.338 e. The average molecular weight is 493 g/mol. The van der Waals surface area contributed by atoms with E-state index in [4.69, 9.17) is 4.74 Å². The minimum Gasteiger partial charge on any atom is -0.449 e. The summed E-state index contributed by atoms with van der Waals surface area (Å²) in [6.07, 6.45) is 0.947. The molecule has 0 fully saturated rings. The molecule has 3 aromatic rings. The van der Waals surface area contributed by atoms with Crippen molar-refractivity contribution < 1.29 is 22.7 Å². The Labute approximate surface area is 205 Å². The van der Waals surface area contributed by atoms with E-state index in [1.807, 2.05) is 54.6 Å². The lowest BCUT2D eigenvalue weighted by Crippen LogP contribution is -2.37. The van der Waals surface area contributed by atoms with Crippen LogP contribution in [0.2, 0.25) is 0 Å². The summed E-state index contributed by atoms with van der Waals surface area (Å²) in [6, 6.07) is 22.6. The predicted molar refractivity (Wildman–Crippen MR) is 134 cm³/mol. The molecule has 1 aliphatic heterocycles. The Morgan fingerprint density at radius 3 is 2.37 bits per heavy atom. The first-order chi connectivity index (χ1) is 16.9. The van der Waals surface area contributed by atoms with Gasteiger partial charge in [0.1, 0.15) is 0 Å². The number of hydrogen-bond donors (Lipinski definition) is 1. The summed E-state index contributed by atoms with van der Waals surface area (Å²) >= 11 is 0. The molecule has 0 aromatic heterocycles. The quantitative estimate of drug-likeness (QED) is 0.479. The van der Waals surface area contributed by atoms with Crippen molar-refractivity contribution in [2.75, 3.05) is 10.8 Å². The molecule has 7 nitrogen and oxygen atoms in total. The normalized spacial score (nSPS) is 14.0. The molecule has 1 amide bonds. The van der Waals surface area contributed by atoms with Crippen molar-refractivity contribution in [3.8, 4) is 0 Å². The van der Waals surface area contributed by atoms with Crippen molar-refractivity contribution in [2.45, 2.75) is 43.7 Å². The van der Waals surface area contributed by atoms with Crippen LogP contribution in [0.3, 0.4) is 0 Å². The Morgan fingerprint density at radius 2 is 1.66 bits per heavy atom. The van der Waals surface area contributed by atoms with Crippen molar-refractivity contribution >= 4 is 27.6 Å². The molecule has 1 N–H and O–H groups in total. The van der Waals surface area contributed by atoms with Gasteiger partial charge in [0.2, 0.25) is 0 Å². The molecule has 1 atom stereocenters. The maximum Gasteiger partial charge on any atom is 0.338 e. The van der Waals surface area contributed by atoms with Crippen LogP contribution in [0.5, 0.6) is 0 Å². The first-order valence-electron chi connectivity index (χ1n) is 11.6. The molecular weight excluding hydrogens is 464 g/mol. The van der Waals surface area contributed by atoms with Crippen LogP contribution in [0.25, 0.3) is 0 Å². The molecule has 0 aliphatic carbocycles. The van der Waals surface area contributed by atoms with E-state index in [9.17, 15) is 18.0 Å². The van der Waals surface area contributed by atoms with Crippen LogP contribution in [0.1, 0.15) is 41.3 Å². The van der Waals surface area contributed by atoms with E-state index in [1.54, 1.807) is 6.92 Å². The van der Waals surface area contributed by atoms with Gasteiger partial charge in [0.05, 0.1) is 16.1 Å². The number of rotatable bonds is 8. The highest BCUT2D eigenvalue weighted by Crippen LogP contribution is 2.31. The number of amides is 1. The molecule has 1 unspecified atom stereocenters. The number of aryl methyl sites for hydroxylation is 1. The number of benzene rings is 3. The SMILES string of the molecule is CCC(OC(=O)c1ccc(S(=O)(=O)N2CCCc3ccccc32)cc1)C(=O)NCc1ccccc1. The highest BCUT2D eigenvalue weighted by atomic mass is 32.2. The highest BCUT2D eigenvalue weighted by molar-refractivity contribution is 7.92. The third-order valence-electron chi connectivity index (χ3n) is 5.97. The second-order valence-corrected chi connectivity index (χ2v) is 10.2. The van der Waals surface area contributed by atoms with Gasteiger partial charge in [-0.15, -0.1) is 0 Å². The predicted octanol–water partition coefficient (Wildman–Crippen LogP) is 4.08. The van der Waals surface area contributed by atoms with E-state index in [0.29, 0.717) is 25.2 Å². The van der Waals surface area contributed by atoms with Gasteiger partial charge in [-0.1, -0.05) is 55.5 Å². The van der Waals surface area contributed by atoms with Crippen LogP contribution in [0.15, 0.2) is 83.8 Å². The fraction of sp³-hybridized carbons (Fsp3) is 0.259. The van der Waals surface area contributed by atoms with Crippen molar-refractivity contribution in [1.82, 2.24) is 5.32 Å². The lowest BCUT2D eigenvalue weighted by Gasteiger charge is -2.30. The number of para-hydroxylation sites is 1. The molecular formula is C27H28N2O5S. The summed E-state index contributed by atoms with van der Waals surface area (Å²) in [4.78, 5) is 25.3. The van der Waals surface area contributed by atoms with Crippen molar-refractivity contribution in [1.29, 1.82) is 0 Å². The van der Waals surface area contributed by atoms with Gasteiger partial charge in [0.15, 0.2) is 6.10 Å². The summed E-state index contributed by atoms with van der Waals surface area (Å²) in [5.41, 5.74) is 2.81. The number of carbonyl (C=O) groups is 2. The second kappa shape index (κ2) is 10.7. The monoisotopic (exact) mass is 492 g/mol. The lowest BCUT2D eigenvalue weighted by molar-refractivity contribution is -0.130. The van der Waals surface area contributed by atoms with Gasteiger partial charge >= 0.3 is 5.97 Å². The lowest BCUT2D eigenvalue weighted by atomic mass is 10.0. The zero-order chi connectivity index (χ0) is 24.8. The molecule has 0 bridgehead atoms. The molecule has 4 rings (SSSR count). The van der Waals surface area contributed by atoms with Crippen LogP contribution in [0, 0.1) is 0 Å². The second-order valence-electron chi connectivity index (χ2n) is 8.34. The Balaban J connectivity index is 1.42. The fourth-order valence-electron chi connectivity index (χ4n) is 4.06. The van der Waals surface area contributed by atoms with Gasteiger partial charge in [0, 0.05) is 13.1 Å². The maximum absolute atomic E-state index is 13.3.